The Balaban J connectivity index is 3.70. The fraction of sp³-hybridized carbons (Fsp3) is 0.455. The molecule has 0 fully saturated rings. The van der Waals surface area contributed by atoms with Crippen LogP contribution in [0, 0.1) is 20.8 Å². The number of ether oxygens (including phenoxy) is 1. The van der Waals surface area contributed by atoms with E-state index >= 15 is 0 Å². The van der Waals surface area contributed by atoms with Crippen LogP contribution >= 0.6 is 0 Å². The van der Waals surface area contributed by atoms with Crippen LogP contribution in [0.1, 0.15) is 16.7 Å². The first kappa shape index (κ1) is 12.0. The average molecular weight is 228 g/mol. The largest absolute Gasteiger partial charge is 0.496 e. The van der Waals surface area contributed by atoms with E-state index in [1.54, 1.807) is 14.0 Å². The summed E-state index contributed by atoms with van der Waals surface area (Å²) in [6.07, 6.45) is 1.22. The van der Waals surface area contributed by atoms with Crippen LogP contribution in [0.25, 0.3) is 0 Å². The van der Waals surface area contributed by atoms with Crippen LogP contribution in [-0.4, -0.2) is 21.8 Å². The van der Waals surface area contributed by atoms with Crippen molar-refractivity contribution < 1.29 is 13.2 Å². The molecule has 0 spiro atoms. The molecule has 0 saturated carbocycles. The van der Waals surface area contributed by atoms with E-state index in [1.807, 2.05) is 19.9 Å². The fourth-order valence-electron chi connectivity index (χ4n) is 1.75. The SMILES string of the molecule is COc1cc(C)c(C)c(S(C)(=O)=O)c1C. The standard InChI is InChI=1S/C11H16O3S/c1-7-6-10(14-4)9(3)11(8(7)2)15(5,12)13/h6H,1-5H3. The van der Waals surface area contributed by atoms with Crippen molar-refractivity contribution in [1.29, 1.82) is 0 Å². The van der Waals surface area contributed by atoms with Crippen molar-refractivity contribution in [3.8, 4) is 5.75 Å². The lowest BCUT2D eigenvalue weighted by Crippen LogP contribution is -2.06. The highest BCUT2D eigenvalue weighted by molar-refractivity contribution is 7.90. The van der Waals surface area contributed by atoms with Crippen LogP contribution in [0.2, 0.25) is 0 Å². The van der Waals surface area contributed by atoms with Crippen LogP contribution < -0.4 is 4.74 Å². The average Bonchev–Trinajstić information content (AvgIpc) is 2.09. The van der Waals surface area contributed by atoms with Crippen LogP contribution in [0.5, 0.6) is 5.75 Å². The zero-order valence-electron chi connectivity index (χ0n) is 9.71. The Bertz CT molecular complexity index is 487. The van der Waals surface area contributed by atoms with Gasteiger partial charge < -0.3 is 4.74 Å². The zero-order chi connectivity index (χ0) is 11.8. The number of aryl methyl sites for hydroxylation is 1. The Kier molecular flexibility index (Phi) is 3.09. The van der Waals surface area contributed by atoms with Crippen LogP contribution in [-0.2, 0) is 9.84 Å². The topological polar surface area (TPSA) is 43.4 Å². The fourth-order valence-corrected chi connectivity index (χ4v) is 3.13. The molecule has 84 valence electrons. The molecule has 0 unspecified atom stereocenters. The molecule has 3 nitrogen and oxygen atoms in total. The van der Waals surface area contributed by atoms with Gasteiger partial charge in [0.2, 0.25) is 0 Å². The smallest absolute Gasteiger partial charge is 0.176 e. The van der Waals surface area contributed by atoms with Crippen LogP contribution in [0.15, 0.2) is 11.0 Å². The van der Waals surface area contributed by atoms with Gasteiger partial charge in [-0.2, -0.15) is 0 Å². The second kappa shape index (κ2) is 3.85. The molecule has 0 aliphatic rings. The van der Waals surface area contributed by atoms with Gasteiger partial charge in [0.1, 0.15) is 5.75 Å². The van der Waals surface area contributed by atoms with Crippen molar-refractivity contribution in [2.75, 3.05) is 13.4 Å². The summed E-state index contributed by atoms with van der Waals surface area (Å²) in [6, 6.07) is 1.86. The lowest BCUT2D eigenvalue weighted by Gasteiger charge is -2.14. The zero-order valence-corrected chi connectivity index (χ0v) is 10.5. The van der Waals surface area contributed by atoms with E-state index in [9.17, 15) is 8.42 Å². The highest BCUT2D eigenvalue weighted by atomic mass is 32.2. The van der Waals surface area contributed by atoms with E-state index < -0.39 is 9.84 Å². The quantitative estimate of drug-likeness (QED) is 0.778. The van der Waals surface area contributed by atoms with Gasteiger partial charge in [-0.3, -0.25) is 0 Å². The number of sulfone groups is 1. The summed E-state index contributed by atoms with van der Waals surface area (Å²) in [5, 5.41) is 0. The predicted octanol–water partition coefficient (Wildman–Crippen LogP) is 2.02. The lowest BCUT2D eigenvalue weighted by atomic mass is 10.1. The van der Waals surface area contributed by atoms with Gasteiger partial charge in [-0.25, -0.2) is 8.42 Å². The molecule has 0 N–H and O–H groups in total. The Morgan fingerprint density at radius 3 is 2.07 bits per heavy atom. The molecular formula is C11H16O3S. The molecule has 0 radical (unpaired) electrons. The molecule has 0 saturated heterocycles. The van der Waals surface area contributed by atoms with Crippen molar-refractivity contribution in [2.24, 2.45) is 0 Å². The second-order valence-corrected chi connectivity index (χ2v) is 5.70. The summed E-state index contributed by atoms with van der Waals surface area (Å²) in [7, 11) is -1.65. The molecule has 0 aliphatic carbocycles. The Labute approximate surface area is 91.0 Å². The highest BCUT2D eigenvalue weighted by Crippen LogP contribution is 2.30. The van der Waals surface area contributed by atoms with Crippen LogP contribution in [0.4, 0.5) is 0 Å². The molecule has 0 bridgehead atoms. The summed E-state index contributed by atoms with van der Waals surface area (Å²) >= 11 is 0. The lowest BCUT2D eigenvalue weighted by molar-refractivity contribution is 0.409. The van der Waals surface area contributed by atoms with E-state index in [4.69, 9.17) is 4.74 Å². The number of methoxy groups -OCH3 is 1. The third kappa shape index (κ3) is 2.15. The number of hydrogen-bond donors (Lipinski definition) is 0. The van der Waals surface area contributed by atoms with Crippen molar-refractivity contribution >= 4 is 9.84 Å². The monoisotopic (exact) mass is 228 g/mol. The van der Waals surface area contributed by atoms with Crippen molar-refractivity contribution in [1.82, 2.24) is 0 Å². The van der Waals surface area contributed by atoms with E-state index in [0.29, 0.717) is 16.2 Å². The van der Waals surface area contributed by atoms with E-state index in [0.717, 1.165) is 11.1 Å². The molecule has 0 aliphatic heterocycles. The molecule has 1 aromatic rings. The molecular weight excluding hydrogens is 212 g/mol. The first-order valence-corrected chi connectivity index (χ1v) is 6.53. The maximum Gasteiger partial charge on any atom is 0.176 e. The maximum absolute atomic E-state index is 11.6. The first-order valence-electron chi connectivity index (χ1n) is 4.64. The molecule has 0 amide bonds. The van der Waals surface area contributed by atoms with Gasteiger partial charge in [0.05, 0.1) is 12.0 Å². The summed E-state index contributed by atoms with van der Waals surface area (Å²) in [6.45, 7) is 5.46. The highest BCUT2D eigenvalue weighted by Gasteiger charge is 2.18. The normalized spacial score (nSPS) is 11.5. The number of benzene rings is 1. The minimum absolute atomic E-state index is 0.388. The van der Waals surface area contributed by atoms with E-state index in [1.165, 1.54) is 6.26 Å². The molecule has 0 atom stereocenters. The molecule has 0 heterocycles. The van der Waals surface area contributed by atoms with Gasteiger partial charge >= 0.3 is 0 Å². The number of hydrogen-bond acceptors (Lipinski definition) is 3. The third-order valence-corrected chi connectivity index (χ3v) is 3.93. The summed E-state index contributed by atoms with van der Waals surface area (Å²) in [5.41, 5.74) is 2.41. The van der Waals surface area contributed by atoms with Crippen molar-refractivity contribution in [2.45, 2.75) is 25.7 Å². The van der Waals surface area contributed by atoms with Gasteiger partial charge in [-0.1, -0.05) is 0 Å². The minimum Gasteiger partial charge on any atom is -0.496 e. The van der Waals surface area contributed by atoms with Gasteiger partial charge in [-0.15, -0.1) is 0 Å². The third-order valence-electron chi connectivity index (χ3n) is 2.58. The molecule has 15 heavy (non-hydrogen) atoms. The molecule has 1 aromatic carbocycles. The molecule has 0 aromatic heterocycles. The first-order chi connectivity index (χ1) is 6.79. The Morgan fingerprint density at radius 2 is 1.67 bits per heavy atom. The second-order valence-electron chi connectivity index (χ2n) is 3.75. The van der Waals surface area contributed by atoms with Crippen molar-refractivity contribution in [3.63, 3.8) is 0 Å². The summed E-state index contributed by atoms with van der Waals surface area (Å²) in [4.78, 5) is 0.388. The van der Waals surface area contributed by atoms with Gasteiger partial charge in [-0.05, 0) is 38.0 Å². The van der Waals surface area contributed by atoms with Crippen LogP contribution in [0.3, 0.4) is 0 Å². The number of rotatable bonds is 2. The maximum atomic E-state index is 11.6. The Morgan fingerprint density at radius 1 is 1.13 bits per heavy atom. The Hall–Kier alpha value is -1.03. The van der Waals surface area contributed by atoms with E-state index in [-0.39, 0.29) is 0 Å². The van der Waals surface area contributed by atoms with Gasteiger partial charge in [0.25, 0.3) is 0 Å². The van der Waals surface area contributed by atoms with Gasteiger partial charge in [0.15, 0.2) is 9.84 Å². The molecule has 1 rings (SSSR count). The minimum atomic E-state index is -3.20. The van der Waals surface area contributed by atoms with Gasteiger partial charge in [0, 0.05) is 11.8 Å². The summed E-state index contributed by atoms with van der Waals surface area (Å²) < 4.78 is 28.4. The molecule has 4 heteroatoms. The van der Waals surface area contributed by atoms with Crippen molar-refractivity contribution in [3.05, 3.63) is 22.8 Å². The van der Waals surface area contributed by atoms with E-state index in [2.05, 4.69) is 0 Å². The summed E-state index contributed by atoms with van der Waals surface area (Å²) in [5.74, 6) is 0.624. The predicted molar refractivity (Wildman–Crippen MR) is 60.3 cm³/mol.